The van der Waals surface area contributed by atoms with Crippen molar-refractivity contribution in [3.63, 3.8) is 0 Å². The van der Waals surface area contributed by atoms with Crippen molar-refractivity contribution >= 4 is 6.09 Å². The van der Waals surface area contributed by atoms with Gasteiger partial charge in [0, 0.05) is 32.7 Å². The molecule has 2 rings (SSSR count). The summed E-state index contributed by atoms with van der Waals surface area (Å²) >= 11 is 0. The maximum atomic E-state index is 10.7. The van der Waals surface area contributed by atoms with Crippen LogP contribution < -0.4 is 0 Å². The first-order valence-corrected chi connectivity index (χ1v) is 6.65. The average molecular weight is 258 g/mol. The largest absolute Gasteiger partial charge is 0.465 e. The van der Waals surface area contributed by atoms with Gasteiger partial charge in [-0.2, -0.15) is 0 Å². The van der Waals surface area contributed by atoms with E-state index in [9.17, 15) is 4.79 Å². The molecule has 0 aromatic rings. The van der Waals surface area contributed by atoms with Gasteiger partial charge in [-0.3, -0.25) is 4.90 Å². The third-order valence-corrected chi connectivity index (χ3v) is 3.58. The summed E-state index contributed by atoms with van der Waals surface area (Å²) in [5, 5.41) is 8.84. The molecule has 104 valence electrons. The molecule has 0 saturated carbocycles. The first-order valence-electron chi connectivity index (χ1n) is 6.65. The first-order chi connectivity index (χ1) is 8.75. The Morgan fingerprint density at radius 3 is 2.50 bits per heavy atom. The van der Waals surface area contributed by atoms with E-state index in [4.69, 9.17) is 14.6 Å². The van der Waals surface area contributed by atoms with Crippen molar-refractivity contribution in [2.75, 3.05) is 52.5 Å². The van der Waals surface area contributed by atoms with E-state index in [-0.39, 0.29) is 6.10 Å². The number of piperidine rings is 1. The molecule has 0 aliphatic carbocycles. The number of morpholine rings is 1. The summed E-state index contributed by atoms with van der Waals surface area (Å²) < 4.78 is 11.1. The first kappa shape index (κ1) is 13.6. The molecule has 0 atom stereocenters. The molecule has 1 N–H and O–H groups in total. The third-order valence-electron chi connectivity index (χ3n) is 3.58. The lowest BCUT2D eigenvalue weighted by Crippen LogP contribution is -2.42. The molecule has 1 amide bonds. The second-order valence-electron chi connectivity index (χ2n) is 4.79. The van der Waals surface area contributed by atoms with Crippen LogP contribution in [0.3, 0.4) is 0 Å². The van der Waals surface area contributed by atoms with E-state index in [1.807, 2.05) is 0 Å². The Morgan fingerprint density at radius 1 is 1.22 bits per heavy atom. The number of hydrogen-bond acceptors (Lipinski definition) is 4. The molecule has 6 heteroatoms. The van der Waals surface area contributed by atoms with Gasteiger partial charge in [0.25, 0.3) is 0 Å². The molecule has 0 aromatic carbocycles. The molecular weight excluding hydrogens is 236 g/mol. The number of likely N-dealkylation sites (tertiary alicyclic amines) is 1. The summed E-state index contributed by atoms with van der Waals surface area (Å²) in [6.45, 7) is 6.48. The molecule has 2 saturated heterocycles. The summed E-state index contributed by atoms with van der Waals surface area (Å²) in [4.78, 5) is 14.6. The van der Waals surface area contributed by atoms with Gasteiger partial charge in [-0.25, -0.2) is 4.79 Å². The molecule has 0 bridgehead atoms. The number of hydrogen-bond donors (Lipinski definition) is 1. The van der Waals surface area contributed by atoms with E-state index in [1.165, 1.54) is 4.90 Å². The smallest absolute Gasteiger partial charge is 0.407 e. The molecule has 0 unspecified atom stereocenters. The number of amides is 1. The normalized spacial score (nSPS) is 23.2. The van der Waals surface area contributed by atoms with Gasteiger partial charge in [0.2, 0.25) is 0 Å². The Balaban J connectivity index is 1.56. The highest BCUT2D eigenvalue weighted by Crippen LogP contribution is 2.13. The topological polar surface area (TPSA) is 62.2 Å². The van der Waals surface area contributed by atoms with Gasteiger partial charge in [-0.1, -0.05) is 0 Å². The number of ether oxygens (including phenoxy) is 2. The number of carbonyl (C=O) groups is 1. The van der Waals surface area contributed by atoms with Crippen molar-refractivity contribution in [1.82, 2.24) is 9.80 Å². The lowest BCUT2D eigenvalue weighted by Gasteiger charge is -2.31. The van der Waals surface area contributed by atoms with E-state index < -0.39 is 6.09 Å². The Labute approximate surface area is 107 Å². The zero-order valence-electron chi connectivity index (χ0n) is 10.7. The maximum absolute atomic E-state index is 10.7. The summed E-state index contributed by atoms with van der Waals surface area (Å²) in [5.74, 6) is 0. The van der Waals surface area contributed by atoms with Crippen LogP contribution in [0.2, 0.25) is 0 Å². The van der Waals surface area contributed by atoms with Crippen molar-refractivity contribution in [2.45, 2.75) is 18.9 Å². The van der Waals surface area contributed by atoms with Crippen LogP contribution in [0, 0.1) is 0 Å². The molecule has 2 aliphatic rings. The van der Waals surface area contributed by atoms with Crippen LogP contribution in [0.1, 0.15) is 12.8 Å². The highest BCUT2D eigenvalue weighted by Gasteiger charge is 2.22. The minimum absolute atomic E-state index is 0.224. The fourth-order valence-corrected chi connectivity index (χ4v) is 2.39. The second kappa shape index (κ2) is 6.92. The minimum Gasteiger partial charge on any atom is -0.465 e. The quantitative estimate of drug-likeness (QED) is 0.794. The predicted octanol–water partition coefficient (Wildman–Crippen LogP) is 0.478. The number of rotatable bonds is 4. The van der Waals surface area contributed by atoms with Gasteiger partial charge in [0.15, 0.2) is 0 Å². The van der Waals surface area contributed by atoms with E-state index in [2.05, 4.69) is 4.90 Å². The van der Waals surface area contributed by atoms with Gasteiger partial charge in [0.1, 0.15) is 0 Å². The van der Waals surface area contributed by atoms with Crippen molar-refractivity contribution in [3.8, 4) is 0 Å². The Bertz CT molecular complexity index is 261. The second-order valence-corrected chi connectivity index (χ2v) is 4.79. The summed E-state index contributed by atoms with van der Waals surface area (Å²) in [5.41, 5.74) is 0. The van der Waals surface area contributed by atoms with E-state index >= 15 is 0 Å². The van der Waals surface area contributed by atoms with Crippen LogP contribution in [0.5, 0.6) is 0 Å². The van der Waals surface area contributed by atoms with E-state index in [0.29, 0.717) is 13.1 Å². The fraction of sp³-hybridized carbons (Fsp3) is 0.917. The summed E-state index contributed by atoms with van der Waals surface area (Å²) in [6, 6.07) is 0. The zero-order chi connectivity index (χ0) is 12.8. The number of carboxylic acid groups (broad SMARTS) is 1. The van der Waals surface area contributed by atoms with Crippen molar-refractivity contribution in [3.05, 3.63) is 0 Å². The van der Waals surface area contributed by atoms with Crippen LogP contribution in [0.15, 0.2) is 0 Å². The van der Waals surface area contributed by atoms with Gasteiger partial charge in [-0.05, 0) is 12.8 Å². The zero-order valence-corrected chi connectivity index (χ0v) is 10.7. The van der Waals surface area contributed by atoms with Gasteiger partial charge in [0.05, 0.1) is 25.9 Å². The SMILES string of the molecule is O=C(O)N1CCC(OCCN2CCOCC2)CC1. The van der Waals surface area contributed by atoms with Crippen molar-refractivity contribution in [2.24, 2.45) is 0 Å². The molecule has 2 aliphatic heterocycles. The van der Waals surface area contributed by atoms with Crippen LogP contribution in [-0.2, 0) is 9.47 Å². The van der Waals surface area contributed by atoms with Crippen LogP contribution in [-0.4, -0.2) is 79.6 Å². The predicted molar refractivity (Wildman–Crippen MR) is 65.8 cm³/mol. The van der Waals surface area contributed by atoms with Gasteiger partial charge >= 0.3 is 6.09 Å². The fourth-order valence-electron chi connectivity index (χ4n) is 2.39. The Hall–Kier alpha value is -0.850. The average Bonchev–Trinajstić information content (AvgIpc) is 2.40. The van der Waals surface area contributed by atoms with Crippen LogP contribution >= 0.6 is 0 Å². The standard InChI is InChI=1S/C12H22N2O4/c15-12(16)14-3-1-11(2-4-14)18-10-7-13-5-8-17-9-6-13/h11H,1-10H2,(H,15,16). The minimum atomic E-state index is -0.818. The molecule has 2 heterocycles. The van der Waals surface area contributed by atoms with Crippen molar-refractivity contribution in [1.29, 1.82) is 0 Å². The maximum Gasteiger partial charge on any atom is 0.407 e. The van der Waals surface area contributed by atoms with Crippen LogP contribution in [0.4, 0.5) is 4.79 Å². The highest BCUT2D eigenvalue weighted by molar-refractivity contribution is 5.64. The molecule has 0 radical (unpaired) electrons. The van der Waals surface area contributed by atoms with Crippen molar-refractivity contribution < 1.29 is 19.4 Å². The van der Waals surface area contributed by atoms with E-state index in [0.717, 1.165) is 52.3 Å². The van der Waals surface area contributed by atoms with Gasteiger partial charge in [-0.15, -0.1) is 0 Å². The molecular formula is C12H22N2O4. The monoisotopic (exact) mass is 258 g/mol. The van der Waals surface area contributed by atoms with Crippen LogP contribution in [0.25, 0.3) is 0 Å². The van der Waals surface area contributed by atoms with E-state index in [1.54, 1.807) is 0 Å². The Kier molecular flexibility index (Phi) is 5.22. The molecule has 6 nitrogen and oxygen atoms in total. The molecule has 2 fully saturated rings. The Morgan fingerprint density at radius 2 is 1.89 bits per heavy atom. The van der Waals surface area contributed by atoms with Gasteiger partial charge < -0.3 is 19.5 Å². The lowest BCUT2D eigenvalue weighted by atomic mass is 10.1. The summed E-state index contributed by atoms with van der Waals surface area (Å²) in [6.07, 6.45) is 1.04. The summed E-state index contributed by atoms with van der Waals surface area (Å²) in [7, 11) is 0. The number of nitrogens with zero attached hydrogens (tertiary/aromatic N) is 2. The third kappa shape index (κ3) is 4.12. The molecule has 0 spiro atoms. The molecule has 0 aromatic heterocycles. The molecule has 18 heavy (non-hydrogen) atoms. The highest BCUT2D eigenvalue weighted by atomic mass is 16.5. The lowest BCUT2D eigenvalue weighted by molar-refractivity contribution is -0.0162.